The SMILES string of the molecule is CC(C)Oc1ccc(C=O)c(-c2ccoc2)c1. The number of hydrogen-bond donors (Lipinski definition) is 0. The molecule has 0 atom stereocenters. The number of carbonyl (C=O) groups is 1. The summed E-state index contributed by atoms with van der Waals surface area (Å²) in [4.78, 5) is 11.0. The third kappa shape index (κ3) is 2.56. The van der Waals surface area contributed by atoms with Crippen molar-refractivity contribution < 1.29 is 13.9 Å². The van der Waals surface area contributed by atoms with Gasteiger partial charge in [-0.2, -0.15) is 0 Å². The maximum Gasteiger partial charge on any atom is 0.150 e. The Hall–Kier alpha value is -2.03. The van der Waals surface area contributed by atoms with Gasteiger partial charge in [0.05, 0.1) is 18.6 Å². The molecule has 17 heavy (non-hydrogen) atoms. The van der Waals surface area contributed by atoms with E-state index in [2.05, 4.69) is 0 Å². The van der Waals surface area contributed by atoms with Gasteiger partial charge in [-0.3, -0.25) is 4.79 Å². The predicted octanol–water partition coefficient (Wildman–Crippen LogP) is 3.55. The van der Waals surface area contributed by atoms with Crippen LogP contribution in [0, 0.1) is 0 Å². The molecule has 3 heteroatoms. The molecular weight excluding hydrogens is 216 g/mol. The number of ether oxygens (including phenoxy) is 1. The number of furan rings is 1. The van der Waals surface area contributed by atoms with Crippen molar-refractivity contribution in [2.45, 2.75) is 20.0 Å². The van der Waals surface area contributed by atoms with Gasteiger partial charge in [0.25, 0.3) is 0 Å². The first-order chi connectivity index (χ1) is 8.20. The van der Waals surface area contributed by atoms with Crippen molar-refractivity contribution in [1.82, 2.24) is 0 Å². The third-order valence-electron chi connectivity index (χ3n) is 2.36. The second kappa shape index (κ2) is 4.87. The lowest BCUT2D eigenvalue weighted by Crippen LogP contribution is -2.05. The summed E-state index contributed by atoms with van der Waals surface area (Å²) in [6, 6.07) is 7.23. The van der Waals surface area contributed by atoms with Crippen molar-refractivity contribution in [3.8, 4) is 16.9 Å². The van der Waals surface area contributed by atoms with E-state index in [0.717, 1.165) is 23.2 Å². The van der Waals surface area contributed by atoms with Gasteiger partial charge in [-0.05, 0) is 43.7 Å². The molecule has 3 nitrogen and oxygen atoms in total. The van der Waals surface area contributed by atoms with E-state index in [1.165, 1.54) is 0 Å². The summed E-state index contributed by atoms with van der Waals surface area (Å²) in [5, 5.41) is 0. The van der Waals surface area contributed by atoms with Crippen LogP contribution in [0.25, 0.3) is 11.1 Å². The highest BCUT2D eigenvalue weighted by Crippen LogP contribution is 2.28. The predicted molar refractivity (Wildman–Crippen MR) is 65.3 cm³/mol. The van der Waals surface area contributed by atoms with E-state index in [4.69, 9.17) is 9.15 Å². The van der Waals surface area contributed by atoms with Gasteiger partial charge in [-0.1, -0.05) is 0 Å². The van der Waals surface area contributed by atoms with E-state index < -0.39 is 0 Å². The second-order valence-electron chi connectivity index (χ2n) is 4.05. The minimum Gasteiger partial charge on any atom is -0.491 e. The van der Waals surface area contributed by atoms with Crippen LogP contribution in [-0.4, -0.2) is 12.4 Å². The number of rotatable bonds is 4. The molecule has 0 radical (unpaired) electrons. The van der Waals surface area contributed by atoms with Gasteiger partial charge in [0.15, 0.2) is 6.29 Å². The second-order valence-corrected chi connectivity index (χ2v) is 4.05. The summed E-state index contributed by atoms with van der Waals surface area (Å²) in [6.07, 6.45) is 4.14. The molecule has 0 fully saturated rings. The molecule has 0 aliphatic rings. The summed E-state index contributed by atoms with van der Waals surface area (Å²) in [6.45, 7) is 3.93. The summed E-state index contributed by atoms with van der Waals surface area (Å²) in [7, 11) is 0. The zero-order valence-corrected chi connectivity index (χ0v) is 9.84. The summed E-state index contributed by atoms with van der Waals surface area (Å²) >= 11 is 0. The monoisotopic (exact) mass is 230 g/mol. The molecule has 1 heterocycles. The van der Waals surface area contributed by atoms with Gasteiger partial charge in [-0.15, -0.1) is 0 Å². The molecule has 2 rings (SSSR count). The fourth-order valence-electron chi connectivity index (χ4n) is 1.65. The minimum atomic E-state index is 0.106. The van der Waals surface area contributed by atoms with E-state index in [1.807, 2.05) is 26.0 Å². The third-order valence-corrected chi connectivity index (χ3v) is 2.36. The number of aldehydes is 1. The van der Waals surface area contributed by atoms with Crippen molar-refractivity contribution >= 4 is 6.29 Å². The highest BCUT2D eigenvalue weighted by atomic mass is 16.5. The molecule has 0 saturated heterocycles. The average molecular weight is 230 g/mol. The lowest BCUT2D eigenvalue weighted by molar-refractivity contribution is 0.112. The van der Waals surface area contributed by atoms with Gasteiger partial charge in [0, 0.05) is 11.1 Å². The van der Waals surface area contributed by atoms with Gasteiger partial charge in [0.1, 0.15) is 5.75 Å². The first-order valence-electron chi connectivity index (χ1n) is 5.49. The van der Waals surface area contributed by atoms with Crippen LogP contribution < -0.4 is 4.74 Å². The molecule has 0 aliphatic heterocycles. The summed E-state index contributed by atoms with van der Waals surface area (Å²) in [5.41, 5.74) is 2.33. The van der Waals surface area contributed by atoms with Crippen molar-refractivity contribution in [1.29, 1.82) is 0 Å². The van der Waals surface area contributed by atoms with Crippen molar-refractivity contribution in [3.63, 3.8) is 0 Å². The van der Waals surface area contributed by atoms with Crippen molar-refractivity contribution in [3.05, 3.63) is 42.4 Å². The van der Waals surface area contributed by atoms with Crippen LogP contribution in [0.4, 0.5) is 0 Å². The molecule has 88 valence electrons. The first kappa shape index (κ1) is 11.5. The van der Waals surface area contributed by atoms with Gasteiger partial charge < -0.3 is 9.15 Å². The molecular formula is C14H14O3. The van der Waals surface area contributed by atoms with Crippen LogP contribution in [-0.2, 0) is 0 Å². The zero-order chi connectivity index (χ0) is 12.3. The number of benzene rings is 1. The van der Waals surface area contributed by atoms with Crippen LogP contribution in [0.1, 0.15) is 24.2 Å². The molecule has 0 N–H and O–H groups in total. The van der Waals surface area contributed by atoms with Crippen molar-refractivity contribution in [2.75, 3.05) is 0 Å². The molecule has 2 aromatic rings. The Kier molecular flexibility index (Phi) is 3.28. The minimum absolute atomic E-state index is 0.106. The fraction of sp³-hybridized carbons (Fsp3) is 0.214. The lowest BCUT2D eigenvalue weighted by atomic mass is 10.0. The Bertz CT molecular complexity index is 498. The Morgan fingerprint density at radius 2 is 2.12 bits per heavy atom. The van der Waals surface area contributed by atoms with E-state index in [9.17, 15) is 4.79 Å². The Morgan fingerprint density at radius 1 is 1.29 bits per heavy atom. The first-order valence-corrected chi connectivity index (χ1v) is 5.49. The normalized spacial score (nSPS) is 10.5. The van der Waals surface area contributed by atoms with Gasteiger partial charge in [0.2, 0.25) is 0 Å². The van der Waals surface area contributed by atoms with Gasteiger partial charge in [-0.25, -0.2) is 0 Å². The van der Waals surface area contributed by atoms with E-state index in [-0.39, 0.29) is 6.10 Å². The molecule has 0 saturated carbocycles. The lowest BCUT2D eigenvalue weighted by Gasteiger charge is -2.11. The van der Waals surface area contributed by atoms with Gasteiger partial charge >= 0.3 is 0 Å². The largest absolute Gasteiger partial charge is 0.491 e. The quantitative estimate of drug-likeness (QED) is 0.754. The Morgan fingerprint density at radius 3 is 2.71 bits per heavy atom. The molecule has 0 amide bonds. The molecule has 0 aliphatic carbocycles. The van der Waals surface area contributed by atoms with Crippen LogP contribution in [0.5, 0.6) is 5.75 Å². The molecule has 1 aromatic heterocycles. The molecule has 0 spiro atoms. The van der Waals surface area contributed by atoms with Crippen LogP contribution in [0.15, 0.2) is 41.2 Å². The van der Waals surface area contributed by atoms with E-state index >= 15 is 0 Å². The van der Waals surface area contributed by atoms with E-state index in [0.29, 0.717) is 5.56 Å². The smallest absolute Gasteiger partial charge is 0.150 e. The van der Waals surface area contributed by atoms with Crippen LogP contribution in [0.2, 0.25) is 0 Å². The Labute approximate surface area is 100 Å². The maximum atomic E-state index is 11.0. The standard InChI is InChI=1S/C14H14O3/c1-10(2)17-13-4-3-11(8-15)14(7-13)12-5-6-16-9-12/h3-10H,1-2H3. The summed E-state index contributed by atoms with van der Waals surface area (Å²) in [5.74, 6) is 0.752. The fourth-order valence-corrected chi connectivity index (χ4v) is 1.65. The van der Waals surface area contributed by atoms with Crippen LogP contribution >= 0.6 is 0 Å². The average Bonchev–Trinajstić information content (AvgIpc) is 2.81. The maximum absolute atomic E-state index is 11.0. The highest BCUT2D eigenvalue weighted by molar-refractivity contribution is 5.87. The number of hydrogen-bond acceptors (Lipinski definition) is 3. The topological polar surface area (TPSA) is 39.4 Å². The highest BCUT2D eigenvalue weighted by Gasteiger charge is 2.08. The summed E-state index contributed by atoms with van der Waals surface area (Å²) < 4.78 is 10.6. The number of carbonyl (C=O) groups excluding carboxylic acids is 1. The Balaban J connectivity index is 2.43. The zero-order valence-electron chi connectivity index (χ0n) is 9.84. The molecule has 1 aromatic carbocycles. The van der Waals surface area contributed by atoms with Crippen molar-refractivity contribution in [2.24, 2.45) is 0 Å². The molecule has 0 unspecified atom stereocenters. The van der Waals surface area contributed by atoms with Crippen LogP contribution in [0.3, 0.4) is 0 Å². The van der Waals surface area contributed by atoms with E-state index in [1.54, 1.807) is 24.7 Å². The molecule has 0 bridgehead atoms.